The molecule has 0 unspecified atom stereocenters. The van der Waals surface area contributed by atoms with E-state index < -0.39 is 0 Å². The number of hydrogen-bond acceptors (Lipinski definition) is 3. The Morgan fingerprint density at radius 1 is 1.00 bits per heavy atom. The third-order valence-corrected chi connectivity index (χ3v) is 6.06. The lowest BCUT2D eigenvalue weighted by Crippen LogP contribution is -2.24. The summed E-state index contributed by atoms with van der Waals surface area (Å²) < 4.78 is 2.24. The monoisotopic (exact) mass is 414 g/mol. The summed E-state index contributed by atoms with van der Waals surface area (Å²) in [6, 6.07) is 15.3. The summed E-state index contributed by atoms with van der Waals surface area (Å²) in [5.41, 5.74) is 4.26. The number of carbonyl (C=O) groups is 2. The van der Waals surface area contributed by atoms with Crippen LogP contribution in [-0.4, -0.2) is 32.8 Å². The molecule has 3 aromatic rings. The molecule has 0 saturated carbocycles. The van der Waals surface area contributed by atoms with Gasteiger partial charge in [-0.3, -0.25) is 9.59 Å². The molecule has 0 radical (unpaired) electrons. The fourth-order valence-corrected chi connectivity index (χ4v) is 4.41. The molecule has 5 rings (SSSR count). The van der Waals surface area contributed by atoms with Crippen molar-refractivity contribution in [3.63, 3.8) is 0 Å². The first-order valence-corrected chi connectivity index (χ1v) is 11.0. The van der Waals surface area contributed by atoms with Gasteiger partial charge in [0.2, 0.25) is 5.91 Å². The number of nitrogens with one attached hydrogen (secondary N) is 1. The third-order valence-electron chi connectivity index (χ3n) is 6.06. The van der Waals surface area contributed by atoms with Crippen LogP contribution in [0, 0.1) is 0 Å². The molecular formula is C25H26N4O2. The average molecular weight is 415 g/mol. The van der Waals surface area contributed by atoms with Crippen molar-refractivity contribution < 1.29 is 9.59 Å². The van der Waals surface area contributed by atoms with E-state index in [2.05, 4.69) is 16.1 Å². The lowest BCUT2D eigenvalue weighted by Gasteiger charge is -2.16. The van der Waals surface area contributed by atoms with Crippen LogP contribution >= 0.6 is 0 Å². The van der Waals surface area contributed by atoms with E-state index >= 15 is 0 Å². The van der Waals surface area contributed by atoms with Crippen LogP contribution in [0.2, 0.25) is 0 Å². The smallest absolute Gasteiger partial charge is 0.255 e. The van der Waals surface area contributed by atoms with Gasteiger partial charge in [-0.2, -0.15) is 0 Å². The minimum Gasteiger partial charge on any atom is -0.338 e. The van der Waals surface area contributed by atoms with Crippen LogP contribution in [-0.2, 0) is 24.3 Å². The van der Waals surface area contributed by atoms with Crippen molar-refractivity contribution in [2.24, 2.45) is 0 Å². The summed E-state index contributed by atoms with van der Waals surface area (Å²) >= 11 is 0. The van der Waals surface area contributed by atoms with Crippen LogP contribution in [0.3, 0.4) is 0 Å². The topological polar surface area (TPSA) is 67.2 Å². The lowest BCUT2D eigenvalue weighted by molar-refractivity contribution is -0.128. The molecule has 6 nitrogen and oxygen atoms in total. The summed E-state index contributed by atoms with van der Waals surface area (Å²) in [4.78, 5) is 31.4. The molecule has 0 atom stereocenters. The molecule has 31 heavy (non-hydrogen) atoms. The van der Waals surface area contributed by atoms with Crippen LogP contribution in [0.1, 0.15) is 47.4 Å². The van der Waals surface area contributed by atoms with E-state index in [4.69, 9.17) is 4.98 Å². The van der Waals surface area contributed by atoms with Crippen molar-refractivity contribution in [3.05, 3.63) is 71.7 Å². The summed E-state index contributed by atoms with van der Waals surface area (Å²) in [6.07, 6.45) is 7.06. The maximum Gasteiger partial charge on any atom is 0.255 e. The van der Waals surface area contributed by atoms with Gasteiger partial charge in [-0.05, 0) is 49.1 Å². The molecule has 6 heteroatoms. The SMILES string of the molecule is O=C(Nc1cccc(-c2cn3c(n2)CCCC3)c1)c1cccc(CN2CCCC2=O)c1. The van der Waals surface area contributed by atoms with Gasteiger partial charge in [-0.25, -0.2) is 4.98 Å². The number of carbonyl (C=O) groups excluding carboxylic acids is 2. The summed E-state index contributed by atoms with van der Waals surface area (Å²) in [5.74, 6) is 1.17. The van der Waals surface area contributed by atoms with Crippen molar-refractivity contribution in [1.29, 1.82) is 0 Å². The second kappa shape index (κ2) is 8.38. The highest BCUT2D eigenvalue weighted by atomic mass is 16.2. The molecule has 3 heterocycles. The van der Waals surface area contributed by atoms with Crippen LogP contribution in [0.25, 0.3) is 11.3 Å². The fourth-order valence-electron chi connectivity index (χ4n) is 4.41. The van der Waals surface area contributed by atoms with Gasteiger partial charge in [-0.15, -0.1) is 0 Å². The molecule has 0 aliphatic carbocycles. The largest absolute Gasteiger partial charge is 0.338 e. The van der Waals surface area contributed by atoms with Crippen LogP contribution < -0.4 is 5.32 Å². The van der Waals surface area contributed by atoms with E-state index in [-0.39, 0.29) is 11.8 Å². The minimum atomic E-state index is -0.157. The van der Waals surface area contributed by atoms with Gasteiger partial charge in [0.25, 0.3) is 5.91 Å². The molecule has 2 aliphatic rings. The number of rotatable bonds is 5. The van der Waals surface area contributed by atoms with Crippen molar-refractivity contribution in [3.8, 4) is 11.3 Å². The highest BCUT2D eigenvalue weighted by Gasteiger charge is 2.20. The number of imidazole rings is 1. The predicted molar refractivity (Wildman–Crippen MR) is 120 cm³/mol. The van der Waals surface area contributed by atoms with E-state index in [0.29, 0.717) is 18.5 Å². The van der Waals surface area contributed by atoms with Gasteiger partial charge in [0.05, 0.1) is 5.69 Å². The number of amides is 2. The molecular weight excluding hydrogens is 388 g/mol. The van der Waals surface area contributed by atoms with E-state index in [9.17, 15) is 9.59 Å². The van der Waals surface area contributed by atoms with Gasteiger partial charge in [-0.1, -0.05) is 24.3 Å². The Bertz CT molecular complexity index is 1110. The maximum absolute atomic E-state index is 12.9. The Balaban J connectivity index is 1.30. The van der Waals surface area contributed by atoms with Gasteiger partial charge in [0, 0.05) is 55.5 Å². The van der Waals surface area contributed by atoms with Crippen LogP contribution in [0.4, 0.5) is 5.69 Å². The summed E-state index contributed by atoms with van der Waals surface area (Å²) in [6.45, 7) is 2.37. The van der Waals surface area contributed by atoms with Gasteiger partial charge in [0.1, 0.15) is 5.82 Å². The van der Waals surface area contributed by atoms with E-state index in [1.54, 1.807) is 6.07 Å². The molecule has 1 fully saturated rings. The maximum atomic E-state index is 12.9. The minimum absolute atomic E-state index is 0.157. The first kappa shape index (κ1) is 19.5. The zero-order chi connectivity index (χ0) is 21.2. The van der Waals surface area contributed by atoms with Crippen molar-refractivity contribution in [1.82, 2.24) is 14.5 Å². The summed E-state index contributed by atoms with van der Waals surface area (Å²) in [5, 5.41) is 3.01. The van der Waals surface area contributed by atoms with E-state index in [1.807, 2.05) is 47.4 Å². The Hall–Kier alpha value is -3.41. The molecule has 2 aliphatic heterocycles. The Labute approximate surface area is 181 Å². The molecule has 2 amide bonds. The molecule has 158 valence electrons. The quantitative estimate of drug-likeness (QED) is 0.678. The number of hydrogen-bond donors (Lipinski definition) is 1. The summed E-state index contributed by atoms with van der Waals surface area (Å²) in [7, 11) is 0. The number of benzene rings is 2. The standard InChI is InChI=1S/C25H26N4O2/c30-24-11-5-13-29(24)16-18-6-3-8-20(14-18)25(31)26-21-9-4-7-19(15-21)22-17-28-12-2-1-10-23(28)27-22/h3-4,6-9,14-15,17H,1-2,5,10-13,16H2,(H,26,31). The Morgan fingerprint density at radius 3 is 2.74 bits per heavy atom. The zero-order valence-electron chi connectivity index (χ0n) is 17.5. The normalized spacial score (nSPS) is 15.7. The highest BCUT2D eigenvalue weighted by molar-refractivity contribution is 6.04. The molecule has 2 aromatic carbocycles. The van der Waals surface area contributed by atoms with Crippen molar-refractivity contribution >= 4 is 17.5 Å². The third kappa shape index (κ3) is 4.24. The molecule has 0 spiro atoms. The molecule has 0 bridgehead atoms. The lowest BCUT2D eigenvalue weighted by atomic mass is 10.1. The molecule has 1 aromatic heterocycles. The fraction of sp³-hybridized carbons (Fsp3) is 0.320. The number of nitrogens with zero attached hydrogens (tertiary/aromatic N) is 3. The van der Waals surface area contributed by atoms with Crippen molar-refractivity contribution in [2.45, 2.75) is 45.2 Å². The molecule has 1 saturated heterocycles. The van der Waals surface area contributed by atoms with E-state index in [0.717, 1.165) is 54.3 Å². The first-order valence-electron chi connectivity index (χ1n) is 11.0. The number of aryl methyl sites for hydroxylation is 2. The number of anilines is 1. The van der Waals surface area contributed by atoms with Crippen LogP contribution in [0.15, 0.2) is 54.7 Å². The predicted octanol–water partition coefficient (Wildman–Crippen LogP) is 4.26. The van der Waals surface area contributed by atoms with Gasteiger partial charge >= 0.3 is 0 Å². The highest BCUT2D eigenvalue weighted by Crippen LogP contribution is 2.25. The number of aromatic nitrogens is 2. The van der Waals surface area contributed by atoms with E-state index in [1.165, 1.54) is 12.8 Å². The second-order valence-electron chi connectivity index (χ2n) is 8.35. The Kier molecular flexibility index (Phi) is 5.28. The zero-order valence-corrected chi connectivity index (χ0v) is 17.5. The van der Waals surface area contributed by atoms with Crippen LogP contribution in [0.5, 0.6) is 0 Å². The van der Waals surface area contributed by atoms with Crippen molar-refractivity contribution in [2.75, 3.05) is 11.9 Å². The second-order valence-corrected chi connectivity index (χ2v) is 8.35. The van der Waals surface area contributed by atoms with Gasteiger partial charge in [0.15, 0.2) is 0 Å². The van der Waals surface area contributed by atoms with Gasteiger partial charge < -0.3 is 14.8 Å². The number of fused-ring (bicyclic) bond motifs is 1. The first-order chi connectivity index (χ1) is 15.2. The average Bonchev–Trinajstić information content (AvgIpc) is 3.40. The number of likely N-dealkylation sites (tertiary alicyclic amines) is 1. The Morgan fingerprint density at radius 2 is 1.90 bits per heavy atom. The molecule has 1 N–H and O–H groups in total.